The fourth-order valence-corrected chi connectivity index (χ4v) is 3.78. The van der Waals surface area contributed by atoms with Gasteiger partial charge in [0.1, 0.15) is 22.7 Å². The maximum absolute atomic E-state index is 13.2. The first-order valence-corrected chi connectivity index (χ1v) is 10.6. The first-order valence-electron chi connectivity index (χ1n) is 10.6. The number of ketones is 1. The molecule has 0 aliphatic heterocycles. The molecule has 2 aromatic heterocycles. The molecular weight excluding hydrogens is 418 g/mol. The van der Waals surface area contributed by atoms with Crippen molar-refractivity contribution in [2.24, 2.45) is 5.92 Å². The topological polar surface area (TPSA) is 73.1 Å². The number of ether oxygens (including phenoxy) is 2. The van der Waals surface area contributed by atoms with Crippen LogP contribution in [0.4, 0.5) is 8.78 Å². The number of imidazole rings is 1. The fraction of sp³-hybridized carbons (Fsp3) is 0.417. The van der Waals surface area contributed by atoms with E-state index in [0.29, 0.717) is 29.2 Å². The van der Waals surface area contributed by atoms with Gasteiger partial charge in [-0.1, -0.05) is 6.92 Å². The van der Waals surface area contributed by atoms with Crippen LogP contribution in [0.5, 0.6) is 11.5 Å². The van der Waals surface area contributed by atoms with E-state index in [0.717, 1.165) is 18.4 Å². The van der Waals surface area contributed by atoms with Gasteiger partial charge in [-0.25, -0.2) is 4.98 Å². The van der Waals surface area contributed by atoms with Crippen LogP contribution in [-0.2, 0) is 5.60 Å². The van der Waals surface area contributed by atoms with E-state index in [-0.39, 0.29) is 29.3 Å². The molecule has 1 aromatic carbocycles. The van der Waals surface area contributed by atoms with Gasteiger partial charge in [0.2, 0.25) is 0 Å². The van der Waals surface area contributed by atoms with Gasteiger partial charge in [0.15, 0.2) is 5.78 Å². The van der Waals surface area contributed by atoms with Crippen molar-refractivity contribution in [3.63, 3.8) is 0 Å². The zero-order chi connectivity index (χ0) is 23.0. The third kappa shape index (κ3) is 4.32. The van der Waals surface area contributed by atoms with Crippen LogP contribution in [0.3, 0.4) is 0 Å². The summed E-state index contributed by atoms with van der Waals surface area (Å²) in [5.41, 5.74) is 1.50. The Kier molecular flexibility index (Phi) is 5.90. The van der Waals surface area contributed by atoms with Crippen molar-refractivity contribution < 1.29 is 28.2 Å². The van der Waals surface area contributed by atoms with E-state index >= 15 is 0 Å². The Labute approximate surface area is 184 Å². The maximum atomic E-state index is 13.2. The number of carbonyl (C=O) groups is 1. The van der Waals surface area contributed by atoms with E-state index in [9.17, 15) is 18.7 Å². The number of rotatable bonds is 9. The van der Waals surface area contributed by atoms with Crippen LogP contribution in [-0.4, -0.2) is 34.0 Å². The van der Waals surface area contributed by atoms with E-state index in [2.05, 4.69) is 4.98 Å². The molecule has 2 heterocycles. The minimum atomic E-state index is -3.08. The first-order chi connectivity index (χ1) is 15.2. The van der Waals surface area contributed by atoms with Crippen LogP contribution in [0, 0.1) is 5.92 Å². The van der Waals surface area contributed by atoms with E-state index < -0.39 is 12.2 Å². The van der Waals surface area contributed by atoms with Gasteiger partial charge < -0.3 is 14.6 Å². The lowest BCUT2D eigenvalue weighted by molar-refractivity contribution is -0.0502. The third-order valence-electron chi connectivity index (χ3n) is 6.07. The number of methoxy groups -OCH3 is 1. The highest BCUT2D eigenvalue weighted by Gasteiger charge is 2.30. The van der Waals surface area contributed by atoms with Crippen LogP contribution < -0.4 is 9.47 Å². The zero-order valence-corrected chi connectivity index (χ0v) is 18.3. The standard InChI is InChI=1S/C24H26F2N2O4/c1-4-24(2,30)16-7-8-28-17(13-27-21(28)12-16)15-10-19(31-3)22(18(29)9-14-5-6-14)20(11-15)32-23(25)26/h7-8,10-14,23,30H,4-6,9H2,1-3H3. The second-order valence-corrected chi connectivity index (χ2v) is 8.42. The summed E-state index contributed by atoms with van der Waals surface area (Å²) in [7, 11) is 1.40. The zero-order valence-electron chi connectivity index (χ0n) is 18.3. The Bertz CT molecular complexity index is 1150. The smallest absolute Gasteiger partial charge is 0.387 e. The molecule has 32 heavy (non-hydrogen) atoms. The molecule has 1 unspecified atom stereocenters. The molecule has 4 rings (SSSR count). The monoisotopic (exact) mass is 444 g/mol. The molecule has 0 spiro atoms. The number of fused-ring (bicyclic) bond motifs is 1. The minimum Gasteiger partial charge on any atom is -0.496 e. The van der Waals surface area contributed by atoms with Crippen LogP contribution in [0.2, 0.25) is 0 Å². The number of carbonyl (C=O) groups excluding carboxylic acids is 1. The van der Waals surface area contributed by atoms with Crippen molar-refractivity contribution in [1.82, 2.24) is 9.38 Å². The van der Waals surface area contributed by atoms with Gasteiger partial charge in [0.25, 0.3) is 0 Å². The number of alkyl halides is 2. The van der Waals surface area contributed by atoms with Crippen molar-refractivity contribution in [3.8, 4) is 22.8 Å². The van der Waals surface area contributed by atoms with Gasteiger partial charge in [-0.3, -0.25) is 9.20 Å². The number of Topliss-reactive ketones (excluding diaryl/α,β-unsaturated/α-hetero) is 1. The van der Waals surface area contributed by atoms with Crippen LogP contribution in [0.1, 0.15) is 55.5 Å². The van der Waals surface area contributed by atoms with Gasteiger partial charge in [-0.05, 0) is 61.9 Å². The summed E-state index contributed by atoms with van der Waals surface area (Å²) in [5.74, 6) is 0.000450. The molecule has 1 fully saturated rings. The third-order valence-corrected chi connectivity index (χ3v) is 6.07. The molecule has 6 nitrogen and oxygen atoms in total. The predicted octanol–water partition coefficient (Wildman–Crippen LogP) is 5.21. The van der Waals surface area contributed by atoms with E-state index in [1.165, 1.54) is 13.2 Å². The maximum Gasteiger partial charge on any atom is 0.387 e. The number of nitrogens with zero attached hydrogens (tertiary/aromatic N) is 2. The van der Waals surface area contributed by atoms with Gasteiger partial charge in [0.05, 0.1) is 24.6 Å². The molecule has 1 aliphatic carbocycles. The SMILES string of the molecule is CCC(C)(O)c1ccn2c(-c3cc(OC)c(C(=O)CC4CC4)c(OC(F)F)c3)cnc2c1. The summed E-state index contributed by atoms with van der Waals surface area (Å²) in [4.78, 5) is 17.2. The normalized spacial score (nSPS) is 15.7. The van der Waals surface area contributed by atoms with Gasteiger partial charge >= 0.3 is 6.61 Å². The number of hydrogen-bond acceptors (Lipinski definition) is 5. The molecule has 1 N–H and O–H groups in total. The summed E-state index contributed by atoms with van der Waals surface area (Å²) in [6.45, 7) is 0.548. The molecule has 0 amide bonds. The van der Waals surface area contributed by atoms with Crippen molar-refractivity contribution in [3.05, 3.63) is 47.8 Å². The van der Waals surface area contributed by atoms with Crippen molar-refractivity contribution >= 4 is 11.4 Å². The Morgan fingerprint density at radius 1 is 1.31 bits per heavy atom. The van der Waals surface area contributed by atoms with Crippen molar-refractivity contribution in [2.75, 3.05) is 7.11 Å². The number of pyridine rings is 1. The predicted molar refractivity (Wildman–Crippen MR) is 115 cm³/mol. The minimum absolute atomic E-state index is 0.0403. The van der Waals surface area contributed by atoms with Gasteiger partial charge in [-0.15, -0.1) is 0 Å². The Balaban J connectivity index is 1.81. The lowest BCUT2D eigenvalue weighted by Crippen LogP contribution is -2.19. The molecule has 1 aliphatic rings. The average molecular weight is 444 g/mol. The number of halogens is 2. The highest BCUT2D eigenvalue weighted by atomic mass is 19.3. The number of aromatic nitrogens is 2. The van der Waals surface area contributed by atoms with Crippen molar-refractivity contribution in [1.29, 1.82) is 0 Å². The Hall–Kier alpha value is -3.00. The summed E-state index contributed by atoms with van der Waals surface area (Å²) >= 11 is 0. The quantitative estimate of drug-likeness (QED) is 0.459. The molecule has 170 valence electrons. The number of hydrogen-bond donors (Lipinski definition) is 1. The van der Waals surface area contributed by atoms with Crippen LogP contribution >= 0.6 is 0 Å². The Morgan fingerprint density at radius 2 is 2.03 bits per heavy atom. The Morgan fingerprint density at radius 3 is 2.66 bits per heavy atom. The van der Waals surface area contributed by atoms with Crippen molar-refractivity contribution in [2.45, 2.75) is 51.7 Å². The van der Waals surface area contributed by atoms with E-state index in [4.69, 9.17) is 9.47 Å². The van der Waals surface area contributed by atoms with E-state index in [1.54, 1.807) is 41.9 Å². The number of benzene rings is 1. The molecule has 3 aromatic rings. The number of aliphatic hydroxyl groups is 1. The second kappa shape index (κ2) is 8.50. The highest BCUT2D eigenvalue weighted by Crippen LogP contribution is 2.40. The summed E-state index contributed by atoms with van der Waals surface area (Å²) in [5, 5.41) is 10.5. The van der Waals surface area contributed by atoms with Gasteiger partial charge in [0, 0.05) is 18.2 Å². The summed E-state index contributed by atoms with van der Waals surface area (Å²) < 4.78 is 38.3. The average Bonchev–Trinajstić information content (AvgIpc) is 3.47. The molecule has 1 saturated carbocycles. The van der Waals surface area contributed by atoms with Crippen LogP contribution in [0.15, 0.2) is 36.7 Å². The lowest BCUT2D eigenvalue weighted by Gasteiger charge is -2.21. The highest BCUT2D eigenvalue weighted by molar-refractivity contribution is 6.02. The second-order valence-electron chi connectivity index (χ2n) is 8.42. The first kappa shape index (κ1) is 22.2. The lowest BCUT2D eigenvalue weighted by atomic mass is 9.94. The largest absolute Gasteiger partial charge is 0.496 e. The fourth-order valence-electron chi connectivity index (χ4n) is 3.78. The summed E-state index contributed by atoms with van der Waals surface area (Å²) in [6.07, 6.45) is 6.12. The summed E-state index contributed by atoms with van der Waals surface area (Å²) in [6, 6.07) is 6.64. The van der Waals surface area contributed by atoms with Crippen LogP contribution in [0.25, 0.3) is 16.9 Å². The molecule has 0 radical (unpaired) electrons. The molecular formula is C24H26F2N2O4. The molecule has 0 bridgehead atoms. The molecule has 0 saturated heterocycles. The molecule has 8 heteroatoms. The molecule has 1 atom stereocenters. The van der Waals surface area contributed by atoms with Gasteiger partial charge in [-0.2, -0.15) is 8.78 Å². The van der Waals surface area contributed by atoms with E-state index in [1.807, 2.05) is 6.92 Å².